The Hall–Kier alpha value is -3.55. The van der Waals surface area contributed by atoms with Crippen molar-refractivity contribution >= 4 is 17.6 Å². The van der Waals surface area contributed by atoms with Gasteiger partial charge in [0.1, 0.15) is 5.82 Å². The summed E-state index contributed by atoms with van der Waals surface area (Å²) in [5.74, 6) is -1.34. The number of benzene rings is 2. The van der Waals surface area contributed by atoms with Crippen molar-refractivity contribution in [2.45, 2.75) is 18.5 Å². The Morgan fingerprint density at radius 1 is 1.19 bits per heavy atom. The van der Waals surface area contributed by atoms with Gasteiger partial charge in [-0.3, -0.25) is 9.69 Å². The molecule has 3 heterocycles. The molecule has 2 aromatic carbocycles. The molecule has 5 rings (SSSR count). The van der Waals surface area contributed by atoms with Crippen LogP contribution in [-0.2, 0) is 15.3 Å². The Balaban J connectivity index is 1.83. The van der Waals surface area contributed by atoms with Crippen molar-refractivity contribution in [1.29, 1.82) is 0 Å². The highest BCUT2D eigenvalue weighted by atomic mass is 19.1. The number of para-hydroxylation sites is 1. The van der Waals surface area contributed by atoms with E-state index in [1.54, 1.807) is 30.3 Å². The van der Waals surface area contributed by atoms with Crippen LogP contribution in [-0.4, -0.2) is 31.7 Å². The highest BCUT2D eigenvalue weighted by Crippen LogP contribution is 2.48. The van der Waals surface area contributed by atoms with Crippen LogP contribution in [0.15, 0.2) is 48.5 Å². The number of fused-ring (bicyclic) bond motifs is 6. The summed E-state index contributed by atoms with van der Waals surface area (Å²) in [5, 5.41) is 14.5. The van der Waals surface area contributed by atoms with E-state index in [-0.39, 0.29) is 24.6 Å². The van der Waals surface area contributed by atoms with Crippen LogP contribution < -0.4 is 4.90 Å². The molecule has 3 aromatic rings. The third kappa shape index (κ3) is 1.95. The number of carboxylic acids is 1. The van der Waals surface area contributed by atoms with Gasteiger partial charge >= 0.3 is 5.97 Å². The smallest absolute Gasteiger partial charge is 0.353 e. The third-order valence-electron chi connectivity index (χ3n) is 5.08. The lowest BCUT2D eigenvalue weighted by Gasteiger charge is -2.39. The van der Waals surface area contributed by atoms with Gasteiger partial charge in [-0.05, 0) is 24.3 Å². The van der Waals surface area contributed by atoms with Gasteiger partial charge in [-0.1, -0.05) is 24.3 Å². The first-order chi connectivity index (χ1) is 13.0. The van der Waals surface area contributed by atoms with Gasteiger partial charge in [0.15, 0.2) is 11.6 Å². The standard InChI is InChI=1S/C19H13FN4O3/c20-12-5-3-4-11(10-12)16-21-17-13-6-1-2-7-14(13)23-15(25)8-9-19(23,18(26)27)24(17)22-16/h1-7,10H,8-9H2,(H,26,27)/t19-/m1/s1. The number of carboxylic acid groups (broad SMARTS) is 1. The van der Waals surface area contributed by atoms with Crippen molar-refractivity contribution in [3.8, 4) is 22.8 Å². The number of anilines is 1. The summed E-state index contributed by atoms with van der Waals surface area (Å²) in [4.78, 5) is 30.7. The number of hydrogen-bond acceptors (Lipinski definition) is 4. The second-order valence-electron chi connectivity index (χ2n) is 6.55. The van der Waals surface area contributed by atoms with E-state index >= 15 is 0 Å². The van der Waals surface area contributed by atoms with Gasteiger partial charge < -0.3 is 5.11 Å². The summed E-state index contributed by atoms with van der Waals surface area (Å²) < 4.78 is 14.9. The van der Waals surface area contributed by atoms with E-state index in [1.807, 2.05) is 0 Å². The van der Waals surface area contributed by atoms with E-state index in [0.717, 1.165) is 0 Å². The molecule has 1 amide bonds. The molecule has 0 radical (unpaired) electrons. The average molecular weight is 364 g/mol. The van der Waals surface area contributed by atoms with Crippen molar-refractivity contribution in [1.82, 2.24) is 14.8 Å². The van der Waals surface area contributed by atoms with Crippen LogP contribution in [0.3, 0.4) is 0 Å². The molecule has 27 heavy (non-hydrogen) atoms. The SMILES string of the molecule is O=C1CC[C@@]2(C(=O)O)N1c1ccccc1-c1nc(-c3cccc(F)c3)nn12. The lowest BCUT2D eigenvalue weighted by molar-refractivity contribution is -0.148. The first-order valence-electron chi connectivity index (χ1n) is 8.42. The molecule has 1 fully saturated rings. The summed E-state index contributed by atoms with van der Waals surface area (Å²) in [6.45, 7) is 0. The number of carbonyl (C=O) groups is 2. The van der Waals surface area contributed by atoms with Crippen molar-refractivity contribution in [2.75, 3.05) is 4.90 Å². The van der Waals surface area contributed by atoms with Crippen molar-refractivity contribution in [3.63, 3.8) is 0 Å². The Bertz CT molecular complexity index is 1130. The maximum absolute atomic E-state index is 13.6. The van der Waals surface area contributed by atoms with Gasteiger partial charge in [-0.25, -0.2) is 18.9 Å². The number of amides is 1. The van der Waals surface area contributed by atoms with Crippen molar-refractivity contribution in [2.24, 2.45) is 0 Å². The molecule has 134 valence electrons. The summed E-state index contributed by atoms with van der Waals surface area (Å²) in [7, 11) is 0. The fourth-order valence-corrected chi connectivity index (χ4v) is 3.89. The number of halogens is 1. The van der Waals surface area contributed by atoms with Crippen LogP contribution in [0.5, 0.6) is 0 Å². The minimum atomic E-state index is -1.67. The Morgan fingerprint density at radius 3 is 2.78 bits per heavy atom. The van der Waals surface area contributed by atoms with Crippen molar-refractivity contribution < 1.29 is 19.1 Å². The molecule has 1 atom stereocenters. The van der Waals surface area contributed by atoms with E-state index in [9.17, 15) is 19.1 Å². The quantitative estimate of drug-likeness (QED) is 0.755. The van der Waals surface area contributed by atoms with Gasteiger partial charge in [0.05, 0.1) is 5.69 Å². The first-order valence-corrected chi connectivity index (χ1v) is 8.42. The monoisotopic (exact) mass is 364 g/mol. The average Bonchev–Trinajstić information content (AvgIpc) is 3.25. The maximum atomic E-state index is 13.6. The molecule has 7 nitrogen and oxygen atoms in total. The minimum absolute atomic E-state index is 0.0778. The molecular formula is C19H13FN4O3. The van der Waals surface area contributed by atoms with Crippen LogP contribution in [0.4, 0.5) is 10.1 Å². The van der Waals surface area contributed by atoms with Crippen molar-refractivity contribution in [3.05, 3.63) is 54.3 Å². The van der Waals surface area contributed by atoms with E-state index in [0.29, 0.717) is 22.6 Å². The lowest BCUT2D eigenvalue weighted by Crippen LogP contribution is -2.56. The second-order valence-corrected chi connectivity index (χ2v) is 6.55. The molecule has 0 spiro atoms. The Kier molecular flexibility index (Phi) is 3.04. The molecule has 1 aromatic heterocycles. The summed E-state index contributed by atoms with van der Waals surface area (Å²) in [6, 6.07) is 12.8. The van der Waals surface area contributed by atoms with Gasteiger partial charge in [0, 0.05) is 24.0 Å². The van der Waals surface area contributed by atoms with Crippen LogP contribution in [0.1, 0.15) is 12.8 Å². The normalized spacial score (nSPS) is 20.2. The number of rotatable bonds is 2. The maximum Gasteiger partial charge on any atom is 0.353 e. The molecule has 2 aliphatic rings. The Labute approximate surface area is 152 Å². The third-order valence-corrected chi connectivity index (χ3v) is 5.08. The molecule has 2 aliphatic heterocycles. The van der Waals surface area contributed by atoms with Gasteiger partial charge in [-0.15, -0.1) is 5.10 Å². The van der Waals surface area contributed by atoms with Gasteiger partial charge in [-0.2, -0.15) is 0 Å². The minimum Gasteiger partial charge on any atom is -0.478 e. The summed E-state index contributed by atoms with van der Waals surface area (Å²) in [5.41, 5.74) is -0.127. The molecule has 8 heteroatoms. The van der Waals surface area contributed by atoms with Gasteiger partial charge in [0.25, 0.3) is 0 Å². The Morgan fingerprint density at radius 2 is 2.00 bits per heavy atom. The summed E-state index contributed by atoms with van der Waals surface area (Å²) >= 11 is 0. The number of carbonyl (C=O) groups excluding carboxylic acids is 1. The zero-order chi connectivity index (χ0) is 18.8. The number of hydrogen-bond donors (Lipinski definition) is 1. The zero-order valence-corrected chi connectivity index (χ0v) is 14.0. The molecule has 0 saturated carbocycles. The van der Waals surface area contributed by atoms with Crippen LogP contribution in [0.25, 0.3) is 22.8 Å². The van der Waals surface area contributed by atoms with E-state index in [2.05, 4.69) is 10.1 Å². The molecule has 0 bridgehead atoms. The van der Waals surface area contributed by atoms with E-state index in [1.165, 1.54) is 27.8 Å². The topological polar surface area (TPSA) is 88.3 Å². The predicted molar refractivity (Wildman–Crippen MR) is 93.2 cm³/mol. The lowest BCUT2D eigenvalue weighted by atomic mass is 10.0. The number of nitrogens with zero attached hydrogens (tertiary/aromatic N) is 4. The molecular weight excluding hydrogens is 351 g/mol. The van der Waals surface area contributed by atoms with E-state index in [4.69, 9.17) is 0 Å². The molecule has 0 aliphatic carbocycles. The van der Waals surface area contributed by atoms with E-state index < -0.39 is 17.4 Å². The number of aliphatic carboxylic acids is 1. The molecule has 1 saturated heterocycles. The highest BCUT2D eigenvalue weighted by molar-refractivity contribution is 6.07. The zero-order valence-electron chi connectivity index (χ0n) is 14.0. The molecule has 1 N–H and O–H groups in total. The highest BCUT2D eigenvalue weighted by Gasteiger charge is 2.58. The largest absolute Gasteiger partial charge is 0.478 e. The van der Waals surface area contributed by atoms with Crippen LogP contribution in [0.2, 0.25) is 0 Å². The van der Waals surface area contributed by atoms with Gasteiger partial charge in [0.2, 0.25) is 11.6 Å². The van der Waals surface area contributed by atoms with Crippen LogP contribution in [0, 0.1) is 5.82 Å². The summed E-state index contributed by atoms with van der Waals surface area (Å²) in [6.07, 6.45) is 0.170. The number of aromatic nitrogens is 3. The molecule has 0 unspecified atom stereocenters. The first kappa shape index (κ1) is 15.7. The van der Waals surface area contributed by atoms with Crippen LogP contribution >= 0.6 is 0 Å². The second kappa shape index (κ2) is 5.23. The predicted octanol–water partition coefficient (Wildman–Crippen LogP) is 2.63. The fourth-order valence-electron chi connectivity index (χ4n) is 3.89. The fraction of sp³-hybridized carbons (Fsp3) is 0.158.